The Balaban J connectivity index is 2.33. The number of hydrogen-bond acceptors (Lipinski definition) is 4. The van der Waals surface area contributed by atoms with Crippen molar-refractivity contribution in [2.24, 2.45) is 0 Å². The Labute approximate surface area is 170 Å². The van der Waals surface area contributed by atoms with Crippen molar-refractivity contribution in [2.75, 3.05) is 6.61 Å². The van der Waals surface area contributed by atoms with E-state index in [0.29, 0.717) is 5.02 Å². The summed E-state index contributed by atoms with van der Waals surface area (Å²) in [6.07, 6.45) is 0. The summed E-state index contributed by atoms with van der Waals surface area (Å²) in [4.78, 5) is 25.4. The van der Waals surface area contributed by atoms with Crippen molar-refractivity contribution in [1.29, 1.82) is 0 Å². The molecule has 0 bridgehead atoms. The molecule has 0 fully saturated rings. The van der Waals surface area contributed by atoms with Gasteiger partial charge in [-0.2, -0.15) is 0 Å². The highest BCUT2D eigenvalue weighted by molar-refractivity contribution is 6.30. The number of esters is 1. The summed E-state index contributed by atoms with van der Waals surface area (Å²) in [5.74, 6) is -5.76. The molecule has 5 nitrogen and oxygen atoms in total. The van der Waals surface area contributed by atoms with Crippen LogP contribution >= 0.6 is 11.6 Å². The van der Waals surface area contributed by atoms with E-state index in [9.17, 15) is 23.5 Å². The standard InChI is InChI=1S/C21H18ClF2NO4/c1-4-29-21(28)10(2)16-11(3)25(20(27)12-5-7-13(22)8-6-12)15-9-14(23)19(26)18(24)17(15)16/h5-10,26H,4H2,1-3H3/t10-/m0/s1. The molecule has 0 amide bonds. The summed E-state index contributed by atoms with van der Waals surface area (Å²) in [5, 5.41) is 9.98. The van der Waals surface area contributed by atoms with Crippen molar-refractivity contribution >= 4 is 34.4 Å². The van der Waals surface area contributed by atoms with Gasteiger partial charge in [0, 0.05) is 27.7 Å². The van der Waals surface area contributed by atoms with Gasteiger partial charge in [0.05, 0.1) is 18.0 Å². The summed E-state index contributed by atoms with van der Waals surface area (Å²) >= 11 is 5.86. The van der Waals surface area contributed by atoms with Crippen LogP contribution in [0.4, 0.5) is 8.78 Å². The summed E-state index contributed by atoms with van der Waals surface area (Å²) < 4.78 is 35.1. The van der Waals surface area contributed by atoms with Crippen LogP contribution in [0.2, 0.25) is 5.02 Å². The molecule has 3 rings (SSSR count). The van der Waals surface area contributed by atoms with Gasteiger partial charge in [-0.1, -0.05) is 11.6 Å². The van der Waals surface area contributed by atoms with Gasteiger partial charge in [0.25, 0.3) is 5.91 Å². The zero-order valence-corrected chi connectivity index (χ0v) is 16.7. The zero-order valence-electron chi connectivity index (χ0n) is 15.9. The highest BCUT2D eigenvalue weighted by atomic mass is 35.5. The SMILES string of the molecule is CCOC(=O)[C@@H](C)c1c(C)n(C(=O)c2ccc(Cl)cc2)c2cc(F)c(O)c(F)c12. The van der Waals surface area contributed by atoms with Crippen LogP contribution in [0.3, 0.4) is 0 Å². The van der Waals surface area contributed by atoms with Crippen LogP contribution in [-0.4, -0.2) is 28.2 Å². The largest absolute Gasteiger partial charge is 0.503 e. The fourth-order valence-corrected chi connectivity index (χ4v) is 3.54. The number of rotatable bonds is 4. The molecule has 1 heterocycles. The molecule has 0 aliphatic rings. The number of carbonyl (C=O) groups excluding carboxylic acids is 2. The van der Waals surface area contributed by atoms with E-state index < -0.39 is 35.2 Å². The number of fused-ring (bicyclic) bond motifs is 1. The number of aromatic hydroxyl groups is 1. The molecule has 0 radical (unpaired) electrons. The molecule has 3 aromatic rings. The third-order valence-electron chi connectivity index (χ3n) is 4.78. The van der Waals surface area contributed by atoms with Gasteiger partial charge in [-0.25, -0.2) is 8.78 Å². The van der Waals surface area contributed by atoms with Gasteiger partial charge >= 0.3 is 5.97 Å². The van der Waals surface area contributed by atoms with Gasteiger partial charge in [-0.05, 0) is 50.6 Å². The third-order valence-corrected chi connectivity index (χ3v) is 5.03. The summed E-state index contributed by atoms with van der Waals surface area (Å²) in [6, 6.07) is 6.88. The highest BCUT2D eigenvalue weighted by Gasteiger charge is 2.31. The highest BCUT2D eigenvalue weighted by Crippen LogP contribution is 2.38. The van der Waals surface area contributed by atoms with Gasteiger partial charge in [0.15, 0.2) is 17.4 Å². The molecular weight excluding hydrogens is 404 g/mol. The Morgan fingerprint density at radius 2 is 1.86 bits per heavy atom. The minimum atomic E-state index is -1.24. The monoisotopic (exact) mass is 421 g/mol. The lowest BCUT2D eigenvalue weighted by Gasteiger charge is -2.12. The van der Waals surface area contributed by atoms with Gasteiger partial charge in [0.2, 0.25) is 0 Å². The van der Waals surface area contributed by atoms with Gasteiger partial charge in [-0.15, -0.1) is 0 Å². The maximum atomic E-state index is 14.9. The maximum Gasteiger partial charge on any atom is 0.313 e. The predicted octanol–water partition coefficient (Wildman–Crippen LogP) is 4.94. The first-order chi connectivity index (χ1) is 13.7. The normalized spacial score (nSPS) is 12.2. The van der Waals surface area contributed by atoms with Crippen LogP contribution in [0.15, 0.2) is 30.3 Å². The van der Waals surface area contributed by atoms with Gasteiger partial charge < -0.3 is 9.84 Å². The van der Waals surface area contributed by atoms with Crippen LogP contribution in [0.1, 0.15) is 41.4 Å². The van der Waals surface area contributed by atoms with E-state index >= 15 is 0 Å². The first kappa shape index (κ1) is 20.8. The van der Waals surface area contributed by atoms with E-state index in [1.165, 1.54) is 38.1 Å². The smallest absolute Gasteiger partial charge is 0.313 e. The van der Waals surface area contributed by atoms with Gasteiger partial charge in [0.1, 0.15) is 0 Å². The number of carbonyl (C=O) groups is 2. The average molecular weight is 422 g/mol. The molecule has 0 aliphatic carbocycles. The van der Waals surface area contributed by atoms with E-state index in [0.717, 1.165) is 10.6 Å². The van der Waals surface area contributed by atoms with Crippen molar-refractivity contribution in [2.45, 2.75) is 26.7 Å². The molecule has 29 heavy (non-hydrogen) atoms. The van der Waals surface area contributed by atoms with E-state index in [1.54, 1.807) is 6.92 Å². The first-order valence-electron chi connectivity index (χ1n) is 8.87. The minimum absolute atomic E-state index is 0.0959. The van der Waals surface area contributed by atoms with Crippen LogP contribution in [-0.2, 0) is 9.53 Å². The summed E-state index contributed by atoms with van der Waals surface area (Å²) in [6.45, 7) is 4.77. The number of nitrogens with zero attached hydrogens (tertiary/aromatic N) is 1. The van der Waals surface area contributed by atoms with Crippen LogP contribution in [0.5, 0.6) is 5.75 Å². The molecule has 0 aliphatic heterocycles. The zero-order chi connectivity index (χ0) is 21.5. The number of benzene rings is 2. The van der Waals surface area contributed by atoms with E-state index in [2.05, 4.69) is 0 Å². The second-order valence-corrected chi connectivity index (χ2v) is 6.97. The number of phenolic OH excluding ortho intramolecular Hbond substituents is 1. The summed E-state index contributed by atoms with van der Waals surface area (Å²) in [5.41, 5.74) is 0.526. The molecule has 0 unspecified atom stereocenters. The molecule has 8 heteroatoms. The Kier molecular flexibility index (Phi) is 5.61. The van der Waals surface area contributed by atoms with Crippen LogP contribution in [0, 0.1) is 18.6 Å². The van der Waals surface area contributed by atoms with E-state index in [4.69, 9.17) is 16.3 Å². The molecule has 0 saturated heterocycles. The predicted molar refractivity (Wildman–Crippen MR) is 104 cm³/mol. The van der Waals surface area contributed by atoms with Gasteiger partial charge in [-0.3, -0.25) is 14.2 Å². The molecule has 1 N–H and O–H groups in total. The fraction of sp³-hybridized carbons (Fsp3) is 0.238. The van der Waals surface area contributed by atoms with Crippen LogP contribution in [0.25, 0.3) is 10.9 Å². The van der Waals surface area contributed by atoms with Crippen molar-refractivity contribution in [3.8, 4) is 5.75 Å². The minimum Gasteiger partial charge on any atom is -0.503 e. The molecule has 0 saturated carbocycles. The Bertz CT molecular complexity index is 1120. The van der Waals surface area contributed by atoms with Crippen molar-refractivity contribution < 1.29 is 28.2 Å². The lowest BCUT2D eigenvalue weighted by atomic mass is 9.97. The molecule has 2 aromatic carbocycles. The van der Waals surface area contributed by atoms with E-state index in [1.807, 2.05) is 0 Å². The molecular formula is C21H18ClF2NO4. The second-order valence-electron chi connectivity index (χ2n) is 6.54. The summed E-state index contributed by atoms with van der Waals surface area (Å²) in [7, 11) is 0. The topological polar surface area (TPSA) is 68.5 Å². The number of halogens is 3. The molecule has 0 spiro atoms. The second kappa shape index (κ2) is 7.83. The fourth-order valence-electron chi connectivity index (χ4n) is 3.41. The van der Waals surface area contributed by atoms with Crippen LogP contribution < -0.4 is 0 Å². The lowest BCUT2D eigenvalue weighted by molar-refractivity contribution is -0.144. The number of ether oxygens (including phenoxy) is 1. The van der Waals surface area contributed by atoms with Crippen molar-refractivity contribution in [3.05, 3.63) is 63.8 Å². The quantitative estimate of drug-likeness (QED) is 0.606. The number of aromatic nitrogens is 1. The number of phenols is 1. The Hall–Kier alpha value is -2.93. The number of hydrogen-bond donors (Lipinski definition) is 1. The molecule has 1 atom stereocenters. The maximum absolute atomic E-state index is 14.9. The Morgan fingerprint density at radius 1 is 1.24 bits per heavy atom. The van der Waals surface area contributed by atoms with Crippen molar-refractivity contribution in [3.63, 3.8) is 0 Å². The third kappa shape index (κ3) is 3.46. The van der Waals surface area contributed by atoms with Crippen molar-refractivity contribution in [1.82, 2.24) is 4.57 Å². The lowest BCUT2D eigenvalue weighted by Crippen LogP contribution is -2.16. The van der Waals surface area contributed by atoms with E-state index in [-0.39, 0.29) is 34.3 Å². The Morgan fingerprint density at radius 3 is 2.45 bits per heavy atom. The molecule has 1 aromatic heterocycles. The average Bonchev–Trinajstić information content (AvgIpc) is 2.97. The molecule has 152 valence electrons. The first-order valence-corrected chi connectivity index (χ1v) is 9.25.